The molecule has 0 aliphatic heterocycles. The molecular weight excluding hydrogens is 222 g/mol. The average Bonchev–Trinajstić information content (AvgIpc) is 2.77. The van der Waals surface area contributed by atoms with Crippen LogP contribution < -0.4 is 16.0 Å². The molecule has 1 rings (SSSR count). The first-order valence-corrected chi connectivity index (χ1v) is 5.69. The number of nitrogens with two attached hydrogens (primary N) is 1. The molecular formula is C10H19N5O2. The highest BCUT2D eigenvalue weighted by Crippen LogP contribution is 2.12. The van der Waals surface area contributed by atoms with Crippen LogP contribution in [-0.4, -0.2) is 42.8 Å². The van der Waals surface area contributed by atoms with Crippen molar-refractivity contribution in [2.45, 2.75) is 19.8 Å². The SMILES string of the molecule is CCCN(CC(=O)NC)c1nnc(CCN)o1. The molecule has 0 fully saturated rings. The Labute approximate surface area is 100 Å². The fraction of sp³-hybridized carbons (Fsp3) is 0.700. The van der Waals surface area contributed by atoms with Gasteiger partial charge in [-0.25, -0.2) is 0 Å². The number of carbonyl (C=O) groups excluding carboxylic acids is 1. The van der Waals surface area contributed by atoms with Crippen molar-refractivity contribution in [3.8, 4) is 0 Å². The van der Waals surface area contributed by atoms with E-state index in [2.05, 4.69) is 15.5 Å². The van der Waals surface area contributed by atoms with Gasteiger partial charge in [0.05, 0.1) is 0 Å². The molecule has 7 heteroatoms. The fourth-order valence-corrected chi connectivity index (χ4v) is 1.36. The second kappa shape index (κ2) is 6.85. The summed E-state index contributed by atoms with van der Waals surface area (Å²) >= 11 is 0. The Morgan fingerprint density at radius 1 is 1.53 bits per heavy atom. The number of carbonyl (C=O) groups is 1. The number of nitrogens with one attached hydrogen (secondary N) is 1. The molecule has 1 aromatic rings. The number of hydrogen-bond acceptors (Lipinski definition) is 6. The fourth-order valence-electron chi connectivity index (χ4n) is 1.36. The summed E-state index contributed by atoms with van der Waals surface area (Å²) in [6, 6.07) is 0.374. The van der Waals surface area contributed by atoms with Gasteiger partial charge in [-0.15, -0.1) is 5.10 Å². The summed E-state index contributed by atoms with van der Waals surface area (Å²) in [5.41, 5.74) is 5.40. The molecule has 96 valence electrons. The second-order valence-electron chi connectivity index (χ2n) is 3.61. The molecule has 17 heavy (non-hydrogen) atoms. The maximum Gasteiger partial charge on any atom is 0.318 e. The van der Waals surface area contributed by atoms with Gasteiger partial charge in [0.1, 0.15) is 6.54 Å². The summed E-state index contributed by atoms with van der Waals surface area (Å²) in [5, 5.41) is 10.4. The lowest BCUT2D eigenvalue weighted by Gasteiger charge is -2.17. The van der Waals surface area contributed by atoms with Gasteiger partial charge in [0.2, 0.25) is 11.8 Å². The first-order valence-electron chi connectivity index (χ1n) is 5.69. The van der Waals surface area contributed by atoms with Gasteiger partial charge >= 0.3 is 6.01 Å². The summed E-state index contributed by atoms with van der Waals surface area (Å²) in [4.78, 5) is 13.1. The number of amides is 1. The molecule has 0 spiro atoms. The number of likely N-dealkylation sites (N-methyl/N-ethyl adjacent to an activating group) is 1. The van der Waals surface area contributed by atoms with Crippen LogP contribution in [-0.2, 0) is 11.2 Å². The highest BCUT2D eigenvalue weighted by atomic mass is 16.4. The highest BCUT2D eigenvalue weighted by Gasteiger charge is 2.16. The molecule has 1 aromatic heterocycles. The molecule has 0 atom stereocenters. The zero-order chi connectivity index (χ0) is 12.7. The van der Waals surface area contributed by atoms with E-state index in [1.54, 1.807) is 11.9 Å². The summed E-state index contributed by atoms with van der Waals surface area (Å²) in [6.45, 7) is 3.39. The Bertz CT molecular complexity index is 352. The van der Waals surface area contributed by atoms with Gasteiger partial charge in [-0.1, -0.05) is 12.0 Å². The van der Waals surface area contributed by atoms with Crippen molar-refractivity contribution in [2.75, 3.05) is 31.6 Å². The van der Waals surface area contributed by atoms with Crippen LogP contribution in [0.3, 0.4) is 0 Å². The first kappa shape index (κ1) is 13.4. The van der Waals surface area contributed by atoms with Crippen LogP contribution in [0.2, 0.25) is 0 Å². The number of aromatic nitrogens is 2. The first-order chi connectivity index (χ1) is 8.21. The zero-order valence-electron chi connectivity index (χ0n) is 10.3. The maximum absolute atomic E-state index is 11.3. The van der Waals surface area contributed by atoms with Gasteiger partial charge < -0.3 is 20.4 Å². The zero-order valence-corrected chi connectivity index (χ0v) is 10.3. The van der Waals surface area contributed by atoms with Crippen LogP contribution in [0, 0.1) is 0 Å². The monoisotopic (exact) mass is 241 g/mol. The Hall–Kier alpha value is -1.63. The van der Waals surface area contributed by atoms with E-state index in [0.29, 0.717) is 31.4 Å². The summed E-state index contributed by atoms with van der Waals surface area (Å²) < 4.78 is 5.43. The number of nitrogens with zero attached hydrogens (tertiary/aromatic N) is 3. The molecule has 0 bridgehead atoms. The van der Waals surface area contributed by atoms with Crippen molar-refractivity contribution in [2.24, 2.45) is 5.73 Å². The van der Waals surface area contributed by atoms with Crippen LogP contribution in [0.25, 0.3) is 0 Å². The van der Waals surface area contributed by atoms with E-state index < -0.39 is 0 Å². The van der Waals surface area contributed by atoms with E-state index in [9.17, 15) is 4.79 Å². The summed E-state index contributed by atoms with van der Waals surface area (Å²) in [6.07, 6.45) is 1.44. The Morgan fingerprint density at radius 2 is 2.29 bits per heavy atom. The number of anilines is 1. The van der Waals surface area contributed by atoms with E-state index in [-0.39, 0.29) is 12.5 Å². The third kappa shape index (κ3) is 4.03. The molecule has 0 aromatic carbocycles. The van der Waals surface area contributed by atoms with Gasteiger partial charge in [-0.3, -0.25) is 4.79 Å². The molecule has 0 aliphatic rings. The summed E-state index contributed by atoms with van der Waals surface area (Å²) in [7, 11) is 1.60. The normalized spacial score (nSPS) is 10.3. The molecule has 3 N–H and O–H groups in total. The van der Waals surface area contributed by atoms with Crippen LogP contribution >= 0.6 is 0 Å². The molecule has 1 amide bonds. The Balaban J connectivity index is 2.70. The molecule has 1 heterocycles. The van der Waals surface area contributed by atoms with Crippen molar-refractivity contribution in [3.05, 3.63) is 5.89 Å². The van der Waals surface area contributed by atoms with E-state index >= 15 is 0 Å². The topological polar surface area (TPSA) is 97.3 Å². The Morgan fingerprint density at radius 3 is 2.88 bits per heavy atom. The van der Waals surface area contributed by atoms with Gasteiger partial charge in [0, 0.05) is 26.6 Å². The quantitative estimate of drug-likeness (QED) is 0.670. The second-order valence-corrected chi connectivity index (χ2v) is 3.61. The van der Waals surface area contributed by atoms with Gasteiger partial charge in [0.15, 0.2) is 0 Å². The van der Waals surface area contributed by atoms with Gasteiger partial charge in [0.25, 0.3) is 0 Å². The minimum absolute atomic E-state index is 0.0861. The average molecular weight is 241 g/mol. The lowest BCUT2D eigenvalue weighted by atomic mass is 10.4. The van der Waals surface area contributed by atoms with E-state index in [0.717, 1.165) is 6.42 Å². The largest absolute Gasteiger partial charge is 0.408 e. The number of rotatable bonds is 7. The van der Waals surface area contributed by atoms with Crippen molar-refractivity contribution in [1.82, 2.24) is 15.5 Å². The predicted molar refractivity (Wildman–Crippen MR) is 63.6 cm³/mol. The van der Waals surface area contributed by atoms with E-state index in [4.69, 9.17) is 10.2 Å². The van der Waals surface area contributed by atoms with E-state index in [1.807, 2.05) is 6.92 Å². The number of hydrogen-bond donors (Lipinski definition) is 2. The molecule has 0 aliphatic carbocycles. The molecule has 0 saturated carbocycles. The van der Waals surface area contributed by atoms with Crippen LogP contribution in [0.1, 0.15) is 19.2 Å². The Kier molecular flexibility index (Phi) is 5.41. The summed E-state index contributed by atoms with van der Waals surface area (Å²) in [5.74, 6) is 0.414. The highest BCUT2D eigenvalue weighted by molar-refractivity contribution is 5.80. The smallest absolute Gasteiger partial charge is 0.318 e. The van der Waals surface area contributed by atoms with Crippen LogP contribution in [0.5, 0.6) is 0 Å². The standard InChI is InChI=1S/C10H19N5O2/c1-3-6-15(7-8(16)12-2)10-14-13-9(17-10)4-5-11/h3-7,11H2,1-2H3,(H,12,16). The lowest BCUT2D eigenvalue weighted by molar-refractivity contribution is -0.119. The van der Waals surface area contributed by atoms with Gasteiger partial charge in [-0.2, -0.15) is 0 Å². The molecule has 0 radical (unpaired) electrons. The minimum Gasteiger partial charge on any atom is -0.408 e. The van der Waals surface area contributed by atoms with Crippen LogP contribution in [0.4, 0.5) is 6.01 Å². The van der Waals surface area contributed by atoms with Gasteiger partial charge in [-0.05, 0) is 6.42 Å². The predicted octanol–water partition coefficient (Wildman–Crippen LogP) is -0.467. The molecule has 0 saturated heterocycles. The van der Waals surface area contributed by atoms with Crippen molar-refractivity contribution in [3.63, 3.8) is 0 Å². The van der Waals surface area contributed by atoms with Crippen molar-refractivity contribution < 1.29 is 9.21 Å². The van der Waals surface area contributed by atoms with Crippen molar-refractivity contribution >= 4 is 11.9 Å². The third-order valence-corrected chi connectivity index (χ3v) is 2.19. The maximum atomic E-state index is 11.3. The molecule has 0 unspecified atom stereocenters. The molecule has 7 nitrogen and oxygen atoms in total. The van der Waals surface area contributed by atoms with E-state index in [1.165, 1.54) is 0 Å². The van der Waals surface area contributed by atoms with Crippen LogP contribution in [0.15, 0.2) is 4.42 Å². The minimum atomic E-state index is -0.0861. The lowest BCUT2D eigenvalue weighted by Crippen LogP contribution is -2.36. The third-order valence-electron chi connectivity index (χ3n) is 2.19. The van der Waals surface area contributed by atoms with Crippen molar-refractivity contribution in [1.29, 1.82) is 0 Å².